The first-order valence-corrected chi connectivity index (χ1v) is 31.1. The van der Waals surface area contributed by atoms with E-state index in [1.807, 2.05) is 6.08 Å². The van der Waals surface area contributed by atoms with Gasteiger partial charge in [-0.3, -0.25) is 4.79 Å². The molecule has 3 unspecified atom stereocenters. The van der Waals surface area contributed by atoms with Gasteiger partial charge in [0, 0.05) is 0 Å². The highest BCUT2D eigenvalue weighted by Gasteiger charge is 2.20. The van der Waals surface area contributed by atoms with Gasteiger partial charge in [-0.15, -0.1) is 0 Å². The van der Waals surface area contributed by atoms with Gasteiger partial charge in [0.25, 0.3) is 0 Å². The van der Waals surface area contributed by atoms with E-state index in [1.165, 1.54) is 295 Å². The highest BCUT2D eigenvalue weighted by Crippen LogP contribution is 2.18. The first-order valence-electron chi connectivity index (χ1n) is 31.1. The number of hydrogen-bond acceptors (Lipinski definition) is 4. The van der Waals surface area contributed by atoms with E-state index in [1.54, 1.807) is 6.08 Å². The standard InChI is InChI=1S/C63H123NO4/c1-3-5-7-9-11-13-15-17-19-21-23-25-27-28-29-30-31-32-33-34-35-36-38-40-42-44-46-48-50-52-54-56-60(66)58-63(68)64-61(59-65)62(67)57-55-53-51-49-47-45-43-41-39-37-26-24-22-20-18-16-14-12-10-8-6-4-2/h28-29,55,57,60-62,65-67H,3-27,30-54,56,58-59H2,1-2H3,(H,64,68)/b29-28-,57-55+. The predicted octanol–water partition coefficient (Wildman–Crippen LogP) is 19.6. The Morgan fingerprint density at radius 1 is 0.368 bits per heavy atom. The molecule has 0 heterocycles. The van der Waals surface area contributed by atoms with Crippen LogP contribution in [0.15, 0.2) is 24.3 Å². The van der Waals surface area contributed by atoms with Crippen LogP contribution in [-0.2, 0) is 4.79 Å². The van der Waals surface area contributed by atoms with Gasteiger partial charge < -0.3 is 20.6 Å². The third-order valence-electron chi connectivity index (χ3n) is 14.7. The minimum atomic E-state index is -0.928. The lowest BCUT2D eigenvalue weighted by atomic mass is 10.0. The molecular formula is C63H123NO4. The van der Waals surface area contributed by atoms with Gasteiger partial charge in [-0.25, -0.2) is 0 Å². The average molecular weight is 959 g/mol. The fourth-order valence-corrected chi connectivity index (χ4v) is 9.99. The van der Waals surface area contributed by atoms with Gasteiger partial charge in [-0.1, -0.05) is 321 Å². The molecule has 0 aromatic rings. The van der Waals surface area contributed by atoms with Crippen LogP contribution in [0.1, 0.15) is 348 Å². The van der Waals surface area contributed by atoms with Crippen LogP contribution in [0.4, 0.5) is 0 Å². The van der Waals surface area contributed by atoms with E-state index in [2.05, 4.69) is 31.3 Å². The smallest absolute Gasteiger partial charge is 0.222 e. The minimum absolute atomic E-state index is 0.0174. The van der Waals surface area contributed by atoms with Crippen LogP contribution < -0.4 is 5.32 Å². The summed E-state index contributed by atoms with van der Waals surface area (Å²) in [6, 6.07) is -0.743. The van der Waals surface area contributed by atoms with Crippen molar-refractivity contribution >= 4 is 5.91 Å². The molecule has 0 aliphatic heterocycles. The van der Waals surface area contributed by atoms with Crippen LogP contribution in [0, 0.1) is 0 Å². The quantitative estimate of drug-likeness (QED) is 0.0361. The van der Waals surface area contributed by atoms with Gasteiger partial charge in [0.2, 0.25) is 5.91 Å². The molecule has 0 aromatic heterocycles. The molecule has 404 valence electrons. The normalized spacial score (nSPS) is 13.3. The van der Waals surface area contributed by atoms with Crippen molar-refractivity contribution < 1.29 is 20.1 Å². The zero-order valence-corrected chi connectivity index (χ0v) is 46.3. The van der Waals surface area contributed by atoms with Crippen molar-refractivity contribution in [2.75, 3.05) is 6.61 Å². The summed E-state index contributed by atoms with van der Waals surface area (Å²) in [5.41, 5.74) is 0. The number of rotatable bonds is 58. The van der Waals surface area contributed by atoms with Gasteiger partial charge >= 0.3 is 0 Å². The molecule has 3 atom stereocenters. The SMILES string of the molecule is CCCCCCCCCCCCCC/C=C\CCCCCCCCCCCCCCCCCC(O)CC(=O)NC(CO)C(O)/C=C/CCCCCCCCCCCCCCCCCCCCCC. The monoisotopic (exact) mass is 958 g/mol. The molecule has 5 heteroatoms. The maximum atomic E-state index is 12.5. The second kappa shape index (κ2) is 58.4. The molecule has 0 aliphatic rings. The van der Waals surface area contributed by atoms with Crippen molar-refractivity contribution in [2.45, 2.75) is 366 Å². The van der Waals surface area contributed by atoms with Crippen LogP contribution >= 0.6 is 0 Å². The Labute approximate surface area is 426 Å². The molecule has 68 heavy (non-hydrogen) atoms. The maximum Gasteiger partial charge on any atom is 0.222 e. The number of aliphatic hydroxyl groups is 3. The lowest BCUT2D eigenvalue weighted by molar-refractivity contribution is -0.124. The Morgan fingerprint density at radius 3 is 0.897 bits per heavy atom. The Bertz CT molecular complexity index is 1010. The van der Waals surface area contributed by atoms with Crippen molar-refractivity contribution in [3.8, 4) is 0 Å². The highest BCUT2D eigenvalue weighted by molar-refractivity contribution is 5.76. The Kier molecular flexibility index (Phi) is 57.4. The van der Waals surface area contributed by atoms with E-state index in [9.17, 15) is 20.1 Å². The number of unbranched alkanes of at least 4 members (excludes halogenated alkanes) is 47. The van der Waals surface area contributed by atoms with Gasteiger partial charge in [0.1, 0.15) is 0 Å². The molecule has 0 fully saturated rings. The van der Waals surface area contributed by atoms with Crippen molar-refractivity contribution in [3.63, 3.8) is 0 Å². The Morgan fingerprint density at radius 2 is 0.618 bits per heavy atom. The topological polar surface area (TPSA) is 89.8 Å². The molecule has 0 saturated carbocycles. The summed E-state index contributed by atoms with van der Waals surface area (Å²) >= 11 is 0. The van der Waals surface area contributed by atoms with E-state index in [0.29, 0.717) is 6.42 Å². The summed E-state index contributed by atoms with van der Waals surface area (Å²) in [7, 11) is 0. The van der Waals surface area contributed by atoms with Gasteiger partial charge in [0.15, 0.2) is 0 Å². The number of nitrogens with one attached hydrogen (secondary N) is 1. The number of carbonyl (C=O) groups excluding carboxylic acids is 1. The van der Waals surface area contributed by atoms with E-state index < -0.39 is 18.2 Å². The fraction of sp³-hybridized carbons (Fsp3) is 0.921. The van der Waals surface area contributed by atoms with E-state index in [-0.39, 0.29) is 18.9 Å². The number of allylic oxidation sites excluding steroid dienone is 3. The number of amides is 1. The maximum absolute atomic E-state index is 12.5. The number of carbonyl (C=O) groups is 1. The van der Waals surface area contributed by atoms with Crippen LogP contribution in [0.5, 0.6) is 0 Å². The zero-order valence-electron chi connectivity index (χ0n) is 46.3. The predicted molar refractivity (Wildman–Crippen MR) is 301 cm³/mol. The average Bonchev–Trinajstić information content (AvgIpc) is 3.33. The lowest BCUT2D eigenvalue weighted by Gasteiger charge is -2.21. The molecule has 0 rings (SSSR count). The van der Waals surface area contributed by atoms with E-state index in [4.69, 9.17) is 0 Å². The molecule has 4 N–H and O–H groups in total. The third kappa shape index (κ3) is 54.2. The van der Waals surface area contributed by atoms with Crippen molar-refractivity contribution in [3.05, 3.63) is 24.3 Å². The van der Waals surface area contributed by atoms with Crippen molar-refractivity contribution in [2.24, 2.45) is 0 Å². The first kappa shape index (κ1) is 66.8. The second-order valence-corrected chi connectivity index (χ2v) is 21.7. The minimum Gasteiger partial charge on any atom is -0.394 e. The molecular weight excluding hydrogens is 835 g/mol. The Hall–Kier alpha value is -1.17. The van der Waals surface area contributed by atoms with Gasteiger partial charge in [-0.2, -0.15) is 0 Å². The third-order valence-corrected chi connectivity index (χ3v) is 14.7. The molecule has 0 radical (unpaired) electrons. The summed E-state index contributed by atoms with van der Waals surface area (Å²) in [6.45, 7) is 4.26. The highest BCUT2D eigenvalue weighted by atomic mass is 16.3. The first-order chi connectivity index (χ1) is 33.5. The molecule has 0 aliphatic carbocycles. The molecule has 0 spiro atoms. The molecule has 5 nitrogen and oxygen atoms in total. The summed E-state index contributed by atoms with van der Waals surface area (Å²) in [5, 5.41) is 33.5. The summed E-state index contributed by atoms with van der Waals surface area (Å²) < 4.78 is 0. The summed E-state index contributed by atoms with van der Waals surface area (Å²) in [4.78, 5) is 12.5. The van der Waals surface area contributed by atoms with Crippen LogP contribution in [0.25, 0.3) is 0 Å². The van der Waals surface area contributed by atoms with Crippen LogP contribution in [0.3, 0.4) is 0 Å². The van der Waals surface area contributed by atoms with Gasteiger partial charge in [0.05, 0.1) is 31.3 Å². The molecule has 1 amide bonds. The number of hydrogen-bond donors (Lipinski definition) is 4. The fourth-order valence-electron chi connectivity index (χ4n) is 9.99. The summed E-state index contributed by atoms with van der Waals surface area (Å²) in [6.07, 6.45) is 75.4. The van der Waals surface area contributed by atoms with Crippen LogP contribution in [0.2, 0.25) is 0 Å². The Balaban J connectivity index is 3.51. The molecule has 0 bridgehead atoms. The van der Waals surface area contributed by atoms with Crippen molar-refractivity contribution in [1.29, 1.82) is 0 Å². The molecule has 0 saturated heterocycles. The molecule has 0 aromatic carbocycles. The van der Waals surface area contributed by atoms with Crippen LogP contribution in [-0.4, -0.2) is 46.1 Å². The number of aliphatic hydroxyl groups excluding tert-OH is 3. The van der Waals surface area contributed by atoms with E-state index in [0.717, 1.165) is 25.7 Å². The van der Waals surface area contributed by atoms with E-state index >= 15 is 0 Å². The van der Waals surface area contributed by atoms with Gasteiger partial charge in [-0.05, 0) is 44.9 Å². The van der Waals surface area contributed by atoms with Crippen molar-refractivity contribution in [1.82, 2.24) is 5.32 Å². The lowest BCUT2D eigenvalue weighted by Crippen LogP contribution is -2.45. The second-order valence-electron chi connectivity index (χ2n) is 21.7. The largest absolute Gasteiger partial charge is 0.394 e. The summed E-state index contributed by atoms with van der Waals surface area (Å²) in [5.74, 6) is -0.309. The zero-order chi connectivity index (χ0) is 49.3.